The topological polar surface area (TPSA) is 53.7 Å². The Labute approximate surface area is 406 Å². The second kappa shape index (κ2) is 17.4. The smallest absolute Gasteiger partial charge is 0.159 e. The highest BCUT2D eigenvalue weighted by Gasteiger charge is 2.24. The zero-order valence-electron chi connectivity index (χ0n) is 38.2. The zero-order chi connectivity index (χ0) is 46.4. The molecule has 1 unspecified atom stereocenters. The summed E-state index contributed by atoms with van der Waals surface area (Å²) in [5, 5.41) is 14.9. The molecular weight excluding hydrogens is 851 g/mol. The third-order valence-corrected chi connectivity index (χ3v) is 13.6. The second-order valence-electron chi connectivity index (χ2n) is 17.9. The molecule has 0 spiro atoms. The van der Waals surface area contributed by atoms with Crippen LogP contribution in [0.4, 0.5) is 11.4 Å². The van der Waals surface area contributed by atoms with Gasteiger partial charge < -0.3 is 15.2 Å². The molecule has 330 valence electrons. The van der Waals surface area contributed by atoms with E-state index in [2.05, 4.69) is 264 Å². The highest BCUT2D eigenvalue weighted by atomic mass is 15.2. The Hall–Kier alpha value is -9.32. The highest BCUT2D eigenvalue weighted by Crippen LogP contribution is 2.42. The summed E-state index contributed by atoms with van der Waals surface area (Å²) in [5.41, 5.74) is 15.4. The molecule has 0 bridgehead atoms. The van der Waals surface area contributed by atoms with Crippen LogP contribution in [-0.4, -0.2) is 16.2 Å². The Bertz CT molecular complexity index is 4000. The molecule has 0 saturated heterocycles. The van der Waals surface area contributed by atoms with Gasteiger partial charge in [-0.3, -0.25) is 0 Å². The lowest BCUT2D eigenvalue weighted by Gasteiger charge is -2.25. The van der Waals surface area contributed by atoms with Gasteiger partial charge in [0.25, 0.3) is 0 Å². The van der Waals surface area contributed by atoms with E-state index in [4.69, 9.17) is 9.98 Å². The molecule has 12 aromatic rings. The Morgan fingerprint density at radius 3 is 1.76 bits per heavy atom. The number of aromatic nitrogens is 1. The molecule has 1 aromatic heterocycles. The van der Waals surface area contributed by atoms with Crippen LogP contribution in [0.25, 0.3) is 82.4 Å². The molecule has 0 saturated carbocycles. The maximum Gasteiger partial charge on any atom is 0.159 e. The van der Waals surface area contributed by atoms with Gasteiger partial charge in [-0.15, -0.1) is 0 Å². The van der Waals surface area contributed by atoms with Crippen molar-refractivity contribution in [3.05, 3.63) is 271 Å². The number of para-hydroxylation sites is 2. The fraction of sp³-hybridized carbons (Fsp3) is 0.0154. The lowest BCUT2D eigenvalue weighted by molar-refractivity contribution is 0.680. The number of amidine groups is 2. The van der Waals surface area contributed by atoms with Crippen LogP contribution in [0, 0.1) is 0 Å². The van der Waals surface area contributed by atoms with Gasteiger partial charge in [-0.2, -0.15) is 0 Å². The van der Waals surface area contributed by atoms with E-state index < -0.39 is 6.17 Å². The van der Waals surface area contributed by atoms with Gasteiger partial charge in [0.2, 0.25) is 0 Å². The van der Waals surface area contributed by atoms with Crippen LogP contribution in [0.15, 0.2) is 265 Å². The van der Waals surface area contributed by atoms with Crippen molar-refractivity contribution in [1.29, 1.82) is 0 Å². The molecule has 2 N–H and O–H groups in total. The fourth-order valence-corrected chi connectivity index (χ4v) is 10.3. The van der Waals surface area contributed by atoms with Gasteiger partial charge in [-0.25, -0.2) is 9.98 Å². The molecule has 0 aliphatic carbocycles. The number of rotatable bonds is 9. The number of fused-ring (bicyclic) bond motifs is 6. The van der Waals surface area contributed by atoms with Crippen molar-refractivity contribution in [2.24, 2.45) is 9.98 Å². The highest BCUT2D eigenvalue weighted by molar-refractivity contribution is 6.22. The van der Waals surface area contributed by atoms with E-state index in [-0.39, 0.29) is 0 Å². The summed E-state index contributed by atoms with van der Waals surface area (Å²) in [6, 6.07) is 90.6. The Morgan fingerprint density at radius 1 is 0.386 bits per heavy atom. The zero-order valence-corrected chi connectivity index (χ0v) is 38.2. The maximum absolute atomic E-state index is 5.41. The van der Waals surface area contributed by atoms with Gasteiger partial charge in [0.15, 0.2) is 5.84 Å². The number of hydrogen-bond acceptors (Lipinski definition) is 4. The minimum Gasteiger partial charge on any atom is -0.355 e. The molecule has 0 fully saturated rings. The second-order valence-corrected chi connectivity index (χ2v) is 17.9. The summed E-state index contributed by atoms with van der Waals surface area (Å²) in [4.78, 5) is 10.7. The molecule has 2 heterocycles. The van der Waals surface area contributed by atoms with Crippen LogP contribution in [-0.2, 0) is 0 Å². The first kappa shape index (κ1) is 40.9. The van der Waals surface area contributed by atoms with Gasteiger partial charge >= 0.3 is 0 Å². The molecule has 1 aliphatic heterocycles. The molecule has 70 heavy (non-hydrogen) atoms. The van der Waals surface area contributed by atoms with Gasteiger partial charge in [-0.05, 0) is 98.6 Å². The summed E-state index contributed by atoms with van der Waals surface area (Å²) in [5.74, 6) is 1.45. The minimum absolute atomic E-state index is 0.421. The van der Waals surface area contributed by atoms with Crippen LogP contribution in [0.3, 0.4) is 0 Å². The van der Waals surface area contributed by atoms with Crippen molar-refractivity contribution in [3.8, 4) is 39.1 Å². The predicted molar refractivity (Wildman–Crippen MR) is 294 cm³/mol. The van der Waals surface area contributed by atoms with Crippen molar-refractivity contribution in [2.75, 3.05) is 5.32 Å². The summed E-state index contributed by atoms with van der Waals surface area (Å²) in [7, 11) is 0. The van der Waals surface area contributed by atoms with E-state index in [0.29, 0.717) is 5.84 Å². The van der Waals surface area contributed by atoms with E-state index >= 15 is 0 Å². The number of benzene rings is 11. The van der Waals surface area contributed by atoms with Crippen LogP contribution < -0.4 is 10.6 Å². The summed E-state index contributed by atoms with van der Waals surface area (Å²) < 4.78 is 2.39. The molecule has 5 nitrogen and oxygen atoms in total. The van der Waals surface area contributed by atoms with E-state index in [0.717, 1.165) is 83.7 Å². The summed E-state index contributed by atoms with van der Waals surface area (Å²) in [6.45, 7) is 0. The third kappa shape index (κ3) is 7.38. The maximum atomic E-state index is 5.41. The van der Waals surface area contributed by atoms with Gasteiger partial charge in [0, 0.05) is 55.5 Å². The molecular formula is C65H45N5. The van der Waals surface area contributed by atoms with Crippen molar-refractivity contribution in [2.45, 2.75) is 6.17 Å². The van der Waals surface area contributed by atoms with Gasteiger partial charge in [0.1, 0.15) is 12.0 Å². The van der Waals surface area contributed by atoms with E-state index in [1.54, 1.807) is 0 Å². The van der Waals surface area contributed by atoms with Crippen LogP contribution in [0.2, 0.25) is 0 Å². The number of aliphatic imine (C=N–C) groups is 2. The molecule has 1 atom stereocenters. The third-order valence-electron chi connectivity index (χ3n) is 13.6. The average molecular weight is 896 g/mol. The molecule has 11 aromatic carbocycles. The van der Waals surface area contributed by atoms with Gasteiger partial charge in [0.05, 0.1) is 11.0 Å². The first-order chi connectivity index (χ1) is 34.7. The molecule has 1 aliphatic rings. The normalized spacial score (nSPS) is 13.6. The van der Waals surface area contributed by atoms with Gasteiger partial charge in [-0.1, -0.05) is 200 Å². The first-order valence-corrected chi connectivity index (χ1v) is 23.8. The number of hydrogen-bond donors (Lipinski definition) is 2. The summed E-state index contributed by atoms with van der Waals surface area (Å²) >= 11 is 0. The van der Waals surface area contributed by atoms with Crippen molar-refractivity contribution < 1.29 is 0 Å². The predicted octanol–water partition coefficient (Wildman–Crippen LogP) is 16.3. The van der Waals surface area contributed by atoms with E-state index in [1.165, 1.54) is 32.6 Å². The Kier molecular flexibility index (Phi) is 10.2. The Balaban J connectivity index is 0.901. The quantitative estimate of drug-likeness (QED) is 0.152. The SMILES string of the molecule is c1ccc(-c2cccc(C3=NC(c4ccc(Nc5ccccc5-c5ccc6c(c5)c5c7ccccc7ccc5n6-c5ccccc5)c5ccccc45)NC(c4cccc(-c5ccccc5)c4)=N3)c2)cc1. The standard InChI is InChI=1S/C65H45N5/c1-4-18-43(19-5-1)46-23-16-25-49(40-46)63-67-64(50-26-17-24-47(41-50)44-20-6-2-7-21-44)69-65(68-63)56-36-37-59(55-32-13-12-31-54(55)56)66-58-33-15-14-29-52(58)48-35-38-60-57(42-48)62-53-30-11-10-22-45(53)34-39-61(62)70(60)51-27-8-3-9-28-51/h1-42,65-66H,(H,67,68,69). The van der Waals surface area contributed by atoms with Crippen LogP contribution >= 0.6 is 0 Å². The molecule has 5 heteroatoms. The monoisotopic (exact) mass is 895 g/mol. The molecule has 13 rings (SSSR count). The lowest BCUT2D eigenvalue weighted by atomic mass is 9.97. The largest absolute Gasteiger partial charge is 0.355 e. The fourth-order valence-electron chi connectivity index (χ4n) is 10.3. The van der Waals surface area contributed by atoms with E-state index in [1.807, 2.05) is 6.07 Å². The van der Waals surface area contributed by atoms with E-state index in [9.17, 15) is 0 Å². The first-order valence-electron chi connectivity index (χ1n) is 23.8. The average Bonchev–Trinajstić information content (AvgIpc) is 3.78. The van der Waals surface area contributed by atoms with Crippen LogP contribution in [0.5, 0.6) is 0 Å². The molecule has 0 radical (unpaired) electrons. The summed E-state index contributed by atoms with van der Waals surface area (Å²) in [6.07, 6.45) is -0.421. The number of nitrogens with zero attached hydrogens (tertiary/aromatic N) is 3. The molecule has 0 amide bonds. The Morgan fingerprint density at radius 2 is 0.986 bits per heavy atom. The van der Waals surface area contributed by atoms with Crippen molar-refractivity contribution in [3.63, 3.8) is 0 Å². The number of nitrogens with one attached hydrogen (secondary N) is 2. The van der Waals surface area contributed by atoms with Crippen LogP contribution in [0.1, 0.15) is 22.9 Å². The van der Waals surface area contributed by atoms with Crippen molar-refractivity contribution >= 4 is 66.4 Å². The number of anilines is 2. The van der Waals surface area contributed by atoms with Crippen molar-refractivity contribution in [1.82, 2.24) is 9.88 Å². The minimum atomic E-state index is -0.421. The lowest BCUT2D eigenvalue weighted by Crippen LogP contribution is -2.33.